The van der Waals surface area contributed by atoms with Crippen LogP contribution in [0.15, 0.2) is 0 Å². The number of aliphatic hydroxyl groups excluding tert-OH is 2. The van der Waals surface area contributed by atoms with Crippen LogP contribution in [0.4, 0.5) is 0 Å². The Labute approximate surface area is 162 Å². The number of hydrogen-bond donors (Lipinski definition) is 5. The highest BCUT2D eigenvalue weighted by Crippen LogP contribution is 1.98. The number of nitrogens with two attached hydrogens (primary N) is 2. The molecule has 2 atom stereocenters. The van der Waals surface area contributed by atoms with Crippen LogP contribution in [0.2, 0.25) is 0 Å². The second kappa shape index (κ2) is 25.6. The van der Waals surface area contributed by atoms with Crippen molar-refractivity contribution in [2.24, 2.45) is 11.6 Å². The van der Waals surface area contributed by atoms with Crippen LogP contribution < -0.4 is 17.0 Å². The van der Waals surface area contributed by atoms with Crippen LogP contribution in [0.3, 0.4) is 0 Å². The molecular weight excluding hydrogens is 362 g/mol. The maximum atomic E-state index is 9.51. The lowest BCUT2D eigenvalue weighted by molar-refractivity contribution is -0.0927. The predicted octanol–water partition coefficient (Wildman–Crippen LogP) is -1.83. The van der Waals surface area contributed by atoms with Crippen molar-refractivity contribution in [3.63, 3.8) is 0 Å². The quantitative estimate of drug-likeness (QED) is 0.0717. The van der Waals surface area contributed by atoms with Gasteiger partial charge >= 0.3 is 0 Å². The van der Waals surface area contributed by atoms with Crippen molar-refractivity contribution in [1.82, 2.24) is 5.43 Å². The summed E-state index contributed by atoms with van der Waals surface area (Å²) in [5.41, 5.74) is 7.14. The van der Waals surface area contributed by atoms with E-state index in [0.29, 0.717) is 59.6 Å². The van der Waals surface area contributed by atoms with Crippen molar-refractivity contribution < 1.29 is 38.6 Å². The summed E-state index contributed by atoms with van der Waals surface area (Å²) in [5.74, 6) is 5.14. The van der Waals surface area contributed by atoms with E-state index in [1.165, 1.54) is 0 Å². The zero-order chi connectivity index (χ0) is 20.6. The molecule has 0 saturated carbocycles. The van der Waals surface area contributed by atoms with E-state index in [4.69, 9.17) is 40.4 Å². The minimum atomic E-state index is -0.970. The lowest BCUT2D eigenvalue weighted by atomic mass is 10.3. The standard InChI is InChI=1S/C13H30N2O7.C3H9NO/c1-2-22-12(13(17)15-14)11-21-10-9-20-8-7-19-6-5-18-4-3-16;1-2-5-3-4/h12-13,15-17H,2-11,14H2,1H3;2-4H2,1H3. The molecule has 7 N–H and O–H groups in total. The van der Waals surface area contributed by atoms with Gasteiger partial charge in [-0.3, -0.25) is 5.84 Å². The average molecular weight is 402 g/mol. The average Bonchev–Trinajstić information content (AvgIpc) is 2.68. The minimum Gasteiger partial charge on any atom is -0.394 e. The van der Waals surface area contributed by atoms with E-state index in [2.05, 4.69) is 10.2 Å². The van der Waals surface area contributed by atoms with Gasteiger partial charge in [-0.05, 0) is 13.8 Å². The molecule has 0 radical (unpaired) electrons. The van der Waals surface area contributed by atoms with Gasteiger partial charge < -0.3 is 44.4 Å². The number of nitrogens with one attached hydrogen (secondary N) is 1. The Morgan fingerprint density at radius 3 is 1.70 bits per heavy atom. The van der Waals surface area contributed by atoms with Crippen LogP contribution in [-0.4, -0.2) is 102 Å². The number of hydrazine groups is 1. The molecule has 0 saturated heterocycles. The van der Waals surface area contributed by atoms with Gasteiger partial charge in [0.25, 0.3) is 0 Å². The molecule has 0 heterocycles. The molecule has 0 rings (SSSR count). The van der Waals surface area contributed by atoms with E-state index in [1.54, 1.807) is 0 Å². The van der Waals surface area contributed by atoms with Crippen molar-refractivity contribution in [2.75, 3.05) is 79.4 Å². The highest BCUT2D eigenvalue weighted by atomic mass is 16.6. The summed E-state index contributed by atoms with van der Waals surface area (Å²) < 4.78 is 30.9. The number of hydrogen-bond acceptors (Lipinski definition) is 11. The highest BCUT2D eigenvalue weighted by Gasteiger charge is 2.17. The summed E-state index contributed by atoms with van der Waals surface area (Å²) in [6.45, 7) is 8.51. The molecule has 11 heteroatoms. The fourth-order valence-corrected chi connectivity index (χ4v) is 1.59. The molecule has 27 heavy (non-hydrogen) atoms. The van der Waals surface area contributed by atoms with E-state index in [-0.39, 0.29) is 13.2 Å². The normalized spacial score (nSPS) is 13.1. The van der Waals surface area contributed by atoms with Crippen molar-refractivity contribution in [1.29, 1.82) is 0 Å². The second-order valence-electron chi connectivity index (χ2n) is 4.90. The van der Waals surface area contributed by atoms with Crippen molar-refractivity contribution >= 4 is 0 Å². The summed E-state index contributed by atoms with van der Waals surface area (Å²) in [7, 11) is 0. The predicted molar refractivity (Wildman–Crippen MR) is 99.8 cm³/mol. The van der Waals surface area contributed by atoms with E-state index in [0.717, 1.165) is 6.61 Å². The smallest absolute Gasteiger partial charge is 0.145 e. The molecule has 0 aliphatic carbocycles. The first-order valence-electron chi connectivity index (χ1n) is 9.13. The van der Waals surface area contributed by atoms with Gasteiger partial charge in [0.1, 0.15) is 12.3 Å². The lowest BCUT2D eigenvalue weighted by Gasteiger charge is -2.21. The molecule has 0 aromatic rings. The molecule has 0 aromatic carbocycles. The first-order chi connectivity index (χ1) is 13.2. The van der Waals surface area contributed by atoms with Gasteiger partial charge in [0, 0.05) is 13.2 Å². The van der Waals surface area contributed by atoms with Gasteiger partial charge in [-0.25, -0.2) is 5.43 Å². The van der Waals surface area contributed by atoms with Crippen LogP contribution in [-0.2, 0) is 28.4 Å². The van der Waals surface area contributed by atoms with Crippen LogP contribution in [0, 0.1) is 0 Å². The molecule has 0 spiro atoms. The van der Waals surface area contributed by atoms with Gasteiger partial charge in [0.2, 0.25) is 0 Å². The number of rotatable bonds is 19. The van der Waals surface area contributed by atoms with Crippen LogP contribution >= 0.6 is 0 Å². The molecule has 0 fully saturated rings. The van der Waals surface area contributed by atoms with Gasteiger partial charge in [-0.1, -0.05) is 0 Å². The van der Waals surface area contributed by atoms with Gasteiger partial charge in [-0.15, -0.1) is 0 Å². The monoisotopic (exact) mass is 401 g/mol. The lowest BCUT2D eigenvalue weighted by Crippen LogP contribution is -2.47. The summed E-state index contributed by atoms with van der Waals surface area (Å²) in [5, 5.41) is 18.0. The third-order valence-corrected chi connectivity index (χ3v) is 2.86. The molecule has 166 valence electrons. The van der Waals surface area contributed by atoms with E-state index in [9.17, 15) is 5.11 Å². The topological polar surface area (TPSA) is 160 Å². The second-order valence-corrected chi connectivity index (χ2v) is 4.90. The molecule has 0 bridgehead atoms. The van der Waals surface area contributed by atoms with Crippen LogP contribution in [0.5, 0.6) is 0 Å². The molecule has 0 amide bonds. The molecule has 0 aliphatic heterocycles. The summed E-state index contributed by atoms with van der Waals surface area (Å²) in [4.78, 5) is 0. The van der Waals surface area contributed by atoms with Gasteiger partial charge in [0.15, 0.2) is 0 Å². The summed E-state index contributed by atoms with van der Waals surface area (Å²) >= 11 is 0. The minimum absolute atomic E-state index is 0.0195. The largest absolute Gasteiger partial charge is 0.394 e. The third kappa shape index (κ3) is 23.5. The SMILES string of the molecule is CCOC(COCCOCCOCCOCCO)C(O)NN.CCOCN. The van der Waals surface area contributed by atoms with Crippen LogP contribution in [0.25, 0.3) is 0 Å². The first-order valence-corrected chi connectivity index (χ1v) is 9.13. The Hall–Kier alpha value is -0.440. The van der Waals surface area contributed by atoms with Gasteiger partial charge in [0.05, 0.1) is 66.2 Å². The Balaban J connectivity index is 0. The Morgan fingerprint density at radius 1 is 0.815 bits per heavy atom. The summed E-state index contributed by atoms with van der Waals surface area (Å²) in [6, 6.07) is 0. The fraction of sp³-hybridized carbons (Fsp3) is 1.00. The van der Waals surface area contributed by atoms with E-state index >= 15 is 0 Å². The Bertz CT molecular complexity index is 266. The maximum Gasteiger partial charge on any atom is 0.145 e. The Kier molecular flexibility index (Phi) is 27.2. The van der Waals surface area contributed by atoms with Crippen molar-refractivity contribution in [3.8, 4) is 0 Å². The molecule has 2 unspecified atom stereocenters. The zero-order valence-electron chi connectivity index (χ0n) is 16.6. The number of aliphatic hydroxyl groups is 2. The van der Waals surface area contributed by atoms with Crippen molar-refractivity contribution in [3.05, 3.63) is 0 Å². The molecular formula is C16H39N3O8. The first kappa shape index (κ1) is 28.8. The summed E-state index contributed by atoms with van der Waals surface area (Å²) in [6.07, 6.45) is -1.49. The maximum absolute atomic E-state index is 9.51. The molecule has 11 nitrogen and oxygen atoms in total. The number of ether oxygens (including phenoxy) is 6. The zero-order valence-corrected chi connectivity index (χ0v) is 16.6. The molecule has 0 aromatic heterocycles. The van der Waals surface area contributed by atoms with Gasteiger partial charge in [-0.2, -0.15) is 0 Å². The molecule has 0 aliphatic rings. The van der Waals surface area contributed by atoms with Crippen LogP contribution in [0.1, 0.15) is 13.8 Å². The highest BCUT2D eigenvalue weighted by molar-refractivity contribution is 4.63. The fourth-order valence-electron chi connectivity index (χ4n) is 1.59. The van der Waals surface area contributed by atoms with E-state index < -0.39 is 12.3 Å². The Morgan fingerprint density at radius 2 is 1.33 bits per heavy atom. The third-order valence-electron chi connectivity index (χ3n) is 2.86. The van der Waals surface area contributed by atoms with Crippen molar-refractivity contribution in [2.45, 2.75) is 26.2 Å². The van der Waals surface area contributed by atoms with E-state index in [1.807, 2.05) is 13.8 Å².